The number of carbonyl (C=O) groups is 1. The van der Waals surface area contributed by atoms with Gasteiger partial charge in [-0.25, -0.2) is 13.8 Å². The number of methoxy groups -OCH3 is 1. The third kappa shape index (κ3) is 5.24. The standard InChI is InChI=1S/C26H18F4N2O3/c1-34-23-9-3-16(12-18(23)14-35-26-24(29)20(27)13-21(28)25(26)30)2-8-22(33)17-4-6-19(7-5-17)32-11-10-31-15-32/h2-13,15H,14H2,1H3/b8-2+. The molecule has 0 fully saturated rings. The fourth-order valence-corrected chi connectivity index (χ4v) is 3.32. The van der Waals surface area contributed by atoms with Crippen molar-refractivity contribution in [2.45, 2.75) is 6.61 Å². The molecule has 4 rings (SSSR count). The Morgan fingerprint density at radius 3 is 2.34 bits per heavy atom. The van der Waals surface area contributed by atoms with E-state index in [9.17, 15) is 22.4 Å². The molecule has 0 unspecified atom stereocenters. The average molecular weight is 482 g/mol. The van der Waals surface area contributed by atoms with Crippen LogP contribution in [0.5, 0.6) is 11.5 Å². The largest absolute Gasteiger partial charge is 0.496 e. The molecule has 0 amide bonds. The molecule has 0 N–H and O–H groups in total. The van der Waals surface area contributed by atoms with E-state index in [0.29, 0.717) is 22.4 Å². The minimum atomic E-state index is -1.64. The quantitative estimate of drug-likeness (QED) is 0.136. The molecule has 1 heterocycles. The molecule has 178 valence electrons. The first kappa shape index (κ1) is 23.7. The van der Waals surface area contributed by atoms with Crippen molar-refractivity contribution in [3.8, 4) is 17.2 Å². The van der Waals surface area contributed by atoms with E-state index < -0.39 is 35.6 Å². The summed E-state index contributed by atoms with van der Waals surface area (Å²) in [5, 5.41) is 0. The molecule has 0 aliphatic heterocycles. The van der Waals surface area contributed by atoms with Crippen LogP contribution < -0.4 is 9.47 Å². The number of imidazole rings is 1. The molecule has 9 heteroatoms. The molecule has 1 aromatic heterocycles. The Morgan fingerprint density at radius 1 is 1.00 bits per heavy atom. The lowest BCUT2D eigenvalue weighted by Crippen LogP contribution is -2.05. The fraction of sp³-hybridized carbons (Fsp3) is 0.0769. The number of benzene rings is 3. The molecule has 5 nitrogen and oxygen atoms in total. The van der Waals surface area contributed by atoms with Gasteiger partial charge in [0.15, 0.2) is 23.2 Å². The van der Waals surface area contributed by atoms with Gasteiger partial charge in [-0.3, -0.25) is 4.79 Å². The number of rotatable bonds is 8. The number of hydrogen-bond donors (Lipinski definition) is 0. The normalized spacial score (nSPS) is 11.1. The summed E-state index contributed by atoms with van der Waals surface area (Å²) in [5.41, 5.74) is 2.24. The third-order valence-corrected chi connectivity index (χ3v) is 5.13. The third-order valence-electron chi connectivity index (χ3n) is 5.13. The number of nitrogens with zero attached hydrogens (tertiary/aromatic N) is 2. The molecule has 0 saturated carbocycles. The van der Waals surface area contributed by atoms with Crippen LogP contribution in [0, 0.1) is 23.3 Å². The summed E-state index contributed by atoms with van der Waals surface area (Å²) in [5.74, 6) is -7.50. The molecule has 3 aromatic carbocycles. The van der Waals surface area contributed by atoms with Crippen molar-refractivity contribution in [1.29, 1.82) is 0 Å². The van der Waals surface area contributed by atoms with Crippen molar-refractivity contribution in [3.63, 3.8) is 0 Å². The monoisotopic (exact) mass is 482 g/mol. The van der Waals surface area contributed by atoms with Crippen LogP contribution >= 0.6 is 0 Å². The second-order valence-electron chi connectivity index (χ2n) is 7.37. The first-order chi connectivity index (χ1) is 16.9. The van der Waals surface area contributed by atoms with Crippen LogP contribution in [0.4, 0.5) is 17.6 Å². The molecule has 0 atom stereocenters. The minimum Gasteiger partial charge on any atom is -0.496 e. The average Bonchev–Trinajstić information content (AvgIpc) is 3.41. The van der Waals surface area contributed by atoms with Crippen molar-refractivity contribution in [2.75, 3.05) is 7.11 Å². The van der Waals surface area contributed by atoms with Gasteiger partial charge < -0.3 is 14.0 Å². The van der Waals surface area contributed by atoms with Crippen LogP contribution in [0.15, 0.2) is 73.3 Å². The summed E-state index contributed by atoms with van der Waals surface area (Å²) in [6.07, 6.45) is 8.02. The smallest absolute Gasteiger partial charge is 0.203 e. The first-order valence-electron chi connectivity index (χ1n) is 10.3. The minimum absolute atomic E-state index is 0.103. The maximum Gasteiger partial charge on any atom is 0.203 e. The number of carbonyl (C=O) groups excluding carboxylic acids is 1. The molecular formula is C26H18F4N2O3. The molecular weight excluding hydrogens is 464 g/mol. The Morgan fingerprint density at radius 2 is 1.71 bits per heavy atom. The summed E-state index contributed by atoms with van der Waals surface area (Å²) in [4.78, 5) is 16.5. The van der Waals surface area contributed by atoms with Gasteiger partial charge in [-0.05, 0) is 48.0 Å². The summed E-state index contributed by atoms with van der Waals surface area (Å²) in [7, 11) is 1.38. The van der Waals surface area contributed by atoms with E-state index >= 15 is 0 Å². The number of ketones is 1. The van der Waals surface area contributed by atoms with E-state index in [-0.39, 0.29) is 11.8 Å². The second-order valence-corrected chi connectivity index (χ2v) is 7.37. The first-order valence-corrected chi connectivity index (χ1v) is 10.3. The Balaban J connectivity index is 1.50. The zero-order chi connectivity index (χ0) is 24.9. The van der Waals surface area contributed by atoms with Gasteiger partial charge in [-0.15, -0.1) is 0 Å². The summed E-state index contributed by atoms with van der Waals surface area (Å²) < 4.78 is 66.7. The zero-order valence-corrected chi connectivity index (χ0v) is 18.3. The number of aromatic nitrogens is 2. The molecule has 35 heavy (non-hydrogen) atoms. The van der Waals surface area contributed by atoms with E-state index in [1.54, 1.807) is 71.8 Å². The van der Waals surface area contributed by atoms with E-state index in [1.165, 1.54) is 13.2 Å². The topological polar surface area (TPSA) is 53.4 Å². The van der Waals surface area contributed by atoms with E-state index in [2.05, 4.69) is 4.98 Å². The van der Waals surface area contributed by atoms with E-state index in [1.807, 2.05) is 0 Å². The van der Waals surface area contributed by atoms with Crippen molar-refractivity contribution < 1.29 is 31.8 Å². The number of allylic oxidation sites excluding steroid dienone is 1. The van der Waals surface area contributed by atoms with Gasteiger partial charge in [0.1, 0.15) is 12.4 Å². The van der Waals surface area contributed by atoms with Gasteiger partial charge in [-0.1, -0.05) is 12.1 Å². The van der Waals surface area contributed by atoms with Crippen LogP contribution in [0.1, 0.15) is 21.5 Å². The molecule has 0 spiro atoms. The molecule has 0 aliphatic carbocycles. The van der Waals surface area contributed by atoms with Crippen LogP contribution in [-0.4, -0.2) is 22.4 Å². The van der Waals surface area contributed by atoms with Gasteiger partial charge in [0.05, 0.1) is 13.4 Å². The number of halogens is 4. The maximum atomic E-state index is 13.9. The Labute approximate surface area is 197 Å². The maximum absolute atomic E-state index is 13.9. The van der Waals surface area contributed by atoms with Gasteiger partial charge in [-0.2, -0.15) is 8.78 Å². The van der Waals surface area contributed by atoms with Crippen LogP contribution in [-0.2, 0) is 6.61 Å². The van der Waals surface area contributed by atoms with Crippen LogP contribution in [0.2, 0.25) is 0 Å². The van der Waals surface area contributed by atoms with Gasteiger partial charge >= 0.3 is 0 Å². The predicted octanol–water partition coefficient (Wildman–Crippen LogP) is 5.91. The number of hydrogen-bond acceptors (Lipinski definition) is 4. The molecule has 0 aliphatic rings. The lowest BCUT2D eigenvalue weighted by atomic mass is 10.1. The second kappa shape index (κ2) is 10.3. The molecule has 0 bridgehead atoms. The van der Waals surface area contributed by atoms with Gasteiger partial charge in [0.25, 0.3) is 0 Å². The SMILES string of the molecule is COc1ccc(/C=C/C(=O)c2ccc(-n3ccnc3)cc2)cc1COc1c(F)c(F)cc(F)c1F. The van der Waals surface area contributed by atoms with Gasteiger partial charge in [0, 0.05) is 35.3 Å². The summed E-state index contributed by atoms with van der Waals surface area (Å²) in [6, 6.07) is 11.9. The Kier molecular flexibility index (Phi) is 6.96. The zero-order valence-electron chi connectivity index (χ0n) is 18.3. The van der Waals surface area contributed by atoms with Crippen molar-refractivity contribution in [1.82, 2.24) is 9.55 Å². The van der Waals surface area contributed by atoms with Gasteiger partial charge in [0.2, 0.25) is 11.6 Å². The highest BCUT2D eigenvalue weighted by Gasteiger charge is 2.21. The van der Waals surface area contributed by atoms with Crippen LogP contribution in [0.25, 0.3) is 11.8 Å². The van der Waals surface area contributed by atoms with Crippen LogP contribution in [0.3, 0.4) is 0 Å². The van der Waals surface area contributed by atoms with Crippen molar-refractivity contribution in [3.05, 3.63) is 113 Å². The highest BCUT2D eigenvalue weighted by Crippen LogP contribution is 2.29. The Hall–Kier alpha value is -4.40. The molecule has 0 saturated heterocycles. The lowest BCUT2D eigenvalue weighted by molar-refractivity contribution is 0.104. The molecule has 0 radical (unpaired) electrons. The highest BCUT2D eigenvalue weighted by atomic mass is 19.2. The summed E-state index contributed by atoms with van der Waals surface area (Å²) >= 11 is 0. The number of ether oxygens (including phenoxy) is 2. The van der Waals surface area contributed by atoms with E-state index in [0.717, 1.165) is 5.69 Å². The fourth-order valence-electron chi connectivity index (χ4n) is 3.32. The van der Waals surface area contributed by atoms with Crippen molar-refractivity contribution in [2.24, 2.45) is 0 Å². The highest BCUT2D eigenvalue weighted by molar-refractivity contribution is 6.06. The lowest BCUT2D eigenvalue weighted by Gasteiger charge is -2.13. The molecule has 4 aromatic rings. The van der Waals surface area contributed by atoms with Crippen molar-refractivity contribution >= 4 is 11.9 Å². The Bertz CT molecular complexity index is 1360. The van der Waals surface area contributed by atoms with E-state index in [4.69, 9.17) is 9.47 Å². The predicted molar refractivity (Wildman–Crippen MR) is 121 cm³/mol. The summed E-state index contributed by atoms with van der Waals surface area (Å²) in [6.45, 7) is -0.439.